The molecule has 4 rings (SSSR count). The van der Waals surface area contributed by atoms with Gasteiger partial charge in [-0.25, -0.2) is 4.68 Å². The van der Waals surface area contributed by atoms with Crippen molar-refractivity contribution in [3.8, 4) is 11.4 Å². The van der Waals surface area contributed by atoms with E-state index in [0.717, 1.165) is 16.3 Å². The summed E-state index contributed by atoms with van der Waals surface area (Å²) in [7, 11) is 0. The van der Waals surface area contributed by atoms with Gasteiger partial charge in [0, 0.05) is 35.3 Å². The fourth-order valence-corrected chi connectivity index (χ4v) is 3.37. The minimum atomic E-state index is -0.532. The van der Waals surface area contributed by atoms with E-state index in [1.807, 2.05) is 36.4 Å². The lowest BCUT2D eigenvalue weighted by molar-refractivity contribution is -0.122. The SMILES string of the molecule is O=C(Nc1ccn(-c2ccncc2)n1)[C@@H]1CSc2ccccc2O1. The van der Waals surface area contributed by atoms with Crippen molar-refractivity contribution in [2.75, 3.05) is 11.1 Å². The lowest BCUT2D eigenvalue weighted by Gasteiger charge is -2.24. The highest BCUT2D eigenvalue weighted by Gasteiger charge is 2.26. The zero-order chi connectivity index (χ0) is 16.4. The fraction of sp³-hybridized carbons (Fsp3) is 0.118. The topological polar surface area (TPSA) is 69.0 Å². The number of ether oxygens (including phenoxy) is 1. The minimum absolute atomic E-state index is 0.197. The molecule has 0 saturated carbocycles. The summed E-state index contributed by atoms with van der Waals surface area (Å²) in [6.45, 7) is 0. The Kier molecular flexibility index (Phi) is 3.92. The molecule has 1 aliphatic rings. The van der Waals surface area contributed by atoms with Crippen LogP contribution in [0.4, 0.5) is 5.82 Å². The molecule has 0 spiro atoms. The van der Waals surface area contributed by atoms with Crippen LogP contribution in [0, 0.1) is 0 Å². The van der Waals surface area contributed by atoms with Gasteiger partial charge in [0.1, 0.15) is 5.75 Å². The normalized spacial score (nSPS) is 16.1. The average Bonchev–Trinajstić information content (AvgIpc) is 3.10. The van der Waals surface area contributed by atoms with E-state index in [1.165, 1.54) is 0 Å². The van der Waals surface area contributed by atoms with Crippen LogP contribution in [0.15, 0.2) is 66.0 Å². The molecule has 3 heterocycles. The molecule has 2 aromatic heterocycles. The van der Waals surface area contributed by atoms with E-state index in [9.17, 15) is 4.79 Å². The Morgan fingerprint density at radius 2 is 2.04 bits per heavy atom. The summed E-state index contributed by atoms with van der Waals surface area (Å²) in [5, 5.41) is 7.16. The Labute approximate surface area is 142 Å². The van der Waals surface area contributed by atoms with Crippen LogP contribution >= 0.6 is 11.8 Å². The first-order chi connectivity index (χ1) is 11.8. The molecule has 7 heteroatoms. The van der Waals surface area contributed by atoms with Gasteiger partial charge in [0.25, 0.3) is 5.91 Å². The van der Waals surface area contributed by atoms with Gasteiger partial charge in [-0.15, -0.1) is 11.8 Å². The molecule has 24 heavy (non-hydrogen) atoms. The highest BCUT2D eigenvalue weighted by atomic mass is 32.2. The Hall–Kier alpha value is -2.80. The van der Waals surface area contributed by atoms with Crippen molar-refractivity contribution in [2.45, 2.75) is 11.0 Å². The minimum Gasteiger partial charge on any atom is -0.479 e. The lowest BCUT2D eigenvalue weighted by atomic mass is 10.3. The molecular formula is C17H14N4O2S. The summed E-state index contributed by atoms with van der Waals surface area (Å²) in [4.78, 5) is 17.4. The number of carbonyl (C=O) groups excluding carboxylic acids is 1. The van der Waals surface area contributed by atoms with Gasteiger partial charge in [-0.3, -0.25) is 9.78 Å². The third-order valence-corrected chi connectivity index (χ3v) is 4.69. The number of nitrogens with zero attached hydrogens (tertiary/aromatic N) is 3. The van der Waals surface area contributed by atoms with Gasteiger partial charge in [0.15, 0.2) is 11.9 Å². The second-order valence-corrected chi connectivity index (χ2v) is 6.27. The number of thioether (sulfide) groups is 1. The highest BCUT2D eigenvalue weighted by molar-refractivity contribution is 7.99. The van der Waals surface area contributed by atoms with Crippen molar-refractivity contribution in [1.29, 1.82) is 0 Å². The van der Waals surface area contributed by atoms with E-state index in [2.05, 4.69) is 15.4 Å². The van der Waals surface area contributed by atoms with Gasteiger partial charge in [0.2, 0.25) is 0 Å². The maximum Gasteiger partial charge on any atom is 0.267 e. The summed E-state index contributed by atoms with van der Waals surface area (Å²) in [6, 6.07) is 13.2. The summed E-state index contributed by atoms with van der Waals surface area (Å²) in [5.74, 6) is 1.62. The second-order valence-electron chi connectivity index (χ2n) is 5.20. The van der Waals surface area contributed by atoms with Crippen molar-refractivity contribution < 1.29 is 9.53 Å². The van der Waals surface area contributed by atoms with Gasteiger partial charge >= 0.3 is 0 Å². The summed E-state index contributed by atoms with van der Waals surface area (Å²) in [5.41, 5.74) is 0.879. The van der Waals surface area contributed by atoms with E-state index < -0.39 is 6.10 Å². The number of amides is 1. The smallest absolute Gasteiger partial charge is 0.267 e. The maximum absolute atomic E-state index is 12.4. The van der Waals surface area contributed by atoms with Crippen LogP contribution in [-0.4, -0.2) is 32.5 Å². The van der Waals surface area contributed by atoms with Crippen LogP contribution in [0.2, 0.25) is 0 Å². The number of hydrogen-bond donors (Lipinski definition) is 1. The number of para-hydroxylation sites is 1. The predicted molar refractivity (Wildman–Crippen MR) is 91.6 cm³/mol. The van der Waals surface area contributed by atoms with Crippen LogP contribution in [0.1, 0.15) is 0 Å². The van der Waals surface area contributed by atoms with Crippen molar-refractivity contribution in [2.24, 2.45) is 0 Å². The molecule has 0 radical (unpaired) electrons. The number of carbonyl (C=O) groups is 1. The zero-order valence-electron chi connectivity index (χ0n) is 12.6. The quantitative estimate of drug-likeness (QED) is 0.795. The third kappa shape index (κ3) is 2.98. The standard InChI is InChI=1S/C17H14N4O2S/c22-17(14-11-24-15-4-2-1-3-13(15)23-14)19-16-7-10-21(20-16)12-5-8-18-9-6-12/h1-10,14H,11H2,(H,19,20,22)/t14-/m0/s1. The molecule has 1 aromatic carbocycles. The summed E-state index contributed by atoms with van der Waals surface area (Å²) in [6.07, 6.45) is 4.65. The monoisotopic (exact) mass is 338 g/mol. The molecule has 0 unspecified atom stereocenters. The number of hydrogen-bond acceptors (Lipinski definition) is 5. The third-order valence-electron chi connectivity index (χ3n) is 3.57. The number of anilines is 1. The van der Waals surface area contributed by atoms with Gasteiger partial charge in [0.05, 0.1) is 5.69 Å². The Morgan fingerprint density at radius 1 is 1.21 bits per heavy atom. The molecule has 1 N–H and O–H groups in total. The first-order valence-electron chi connectivity index (χ1n) is 7.45. The molecule has 120 valence electrons. The van der Waals surface area contributed by atoms with E-state index in [1.54, 1.807) is 41.1 Å². The molecule has 1 aliphatic heterocycles. The first kappa shape index (κ1) is 14.8. The van der Waals surface area contributed by atoms with E-state index in [-0.39, 0.29) is 5.91 Å². The average molecular weight is 338 g/mol. The van der Waals surface area contributed by atoms with Crippen LogP contribution in [0.3, 0.4) is 0 Å². The fourth-order valence-electron chi connectivity index (χ4n) is 2.39. The molecule has 6 nitrogen and oxygen atoms in total. The molecule has 0 aliphatic carbocycles. The molecular weight excluding hydrogens is 324 g/mol. The van der Waals surface area contributed by atoms with E-state index >= 15 is 0 Å². The summed E-state index contributed by atoms with van der Waals surface area (Å²) < 4.78 is 7.47. The molecule has 1 amide bonds. The molecule has 0 fully saturated rings. The van der Waals surface area contributed by atoms with Gasteiger partial charge < -0.3 is 10.1 Å². The second kappa shape index (κ2) is 6.37. The van der Waals surface area contributed by atoms with Crippen LogP contribution < -0.4 is 10.1 Å². The first-order valence-corrected chi connectivity index (χ1v) is 8.43. The molecule has 0 saturated heterocycles. The predicted octanol–water partition coefficient (Wildman–Crippen LogP) is 2.76. The van der Waals surface area contributed by atoms with Crippen molar-refractivity contribution in [1.82, 2.24) is 14.8 Å². The maximum atomic E-state index is 12.4. The van der Waals surface area contributed by atoms with Crippen LogP contribution in [0.5, 0.6) is 5.75 Å². The van der Waals surface area contributed by atoms with E-state index in [4.69, 9.17) is 4.74 Å². The van der Waals surface area contributed by atoms with Gasteiger partial charge in [-0.2, -0.15) is 5.10 Å². The lowest BCUT2D eigenvalue weighted by Crippen LogP contribution is -2.36. The number of nitrogens with one attached hydrogen (secondary N) is 1. The molecule has 3 aromatic rings. The van der Waals surface area contributed by atoms with Crippen molar-refractivity contribution in [3.05, 3.63) is 61.1 Å². The van der Waals surface area contributed by atoms with Crippen LogP contribution in [-0.2, 0) is 4.79 Å². The number of fused-ring (bicyclic) bond motifs is 1. The van der Waals surface area contributed by atoms with Crippen molar-refractivity contribution >= 4 is 23.5 Å². The number of aromatic nitrogens is 3. The number of rotatable bonds is 3. The number of pyridine rings is 1. The zero-order valence-corrected chi connectivity index (χ0v) is 13.4. The highest BCUT2D eigenvalue weighted by Crippen LogP contribution is 2.35. The Morgan fingerprint density at radius 3 is 2.92 bits per heavy atom. The van der Waals surface area contributed by atoms with Gasteiger partial charge in [-0.1, -0.05) is 12.1 Å². The van der Waals surface area contributed by atoms with Gasteiger partial charge in [-0.05, 0) is 24.3 Å². The molecule has 0 bridgehead atoms. The Bertz CT molecular complexity index is 866. The Balaban J connectivity index is 1.45. The van der Waals surface area contributed by atoms with E-state index in [0.29, 0.717) is 11.6 Å². The largest absolute Gasteiger partial charge is 0.479 e. The van der Waals surface area contributed by atoms with Crippen LogP contribution in [0.25, 0.3) is 5.69 Å². The van der Waals surface area contributed by atoms with Crippen molar-refractivity contribution in [3.63, 3.8) is 0 Å². The summed E-state index contributed by atoms with van der Waals surface area (Å²) >= 11 is 1.62. The molecule has 1 atom stereocenters. The number of benzene rings is 1.